The minimum atomic E-state index is -0.292. The van der Waals surface area contributed by atoms with E-state index in [1.54, 1.807) is 0 Å². The molecule has 0 amide bonds. The van der Waals surface area contributed by atoms with Crippen LogP contribution in [0.15, 0.2) is 0 Å². The fourth-order valence-electron chi connectivity index (χ4n) is 0. The first-order chi connectivity index (χ1) is 1.41. The summed E-state index contributed by atoms with van der Waals surface area (Å²) in [6.07, 6.45) is 0. The van der Waals surface area contributed by atoms with Gasteiger partial charge in [-0.2, -0.15) is 0 Å². The minimum Gasteiger partial charge on any atom is 0 e. The molecule has 0 rings (SSSR count). The van der Waals surface area contributed by atoms with Crippen molar-refractivity contribution < 1.29 is 21.7 Å². The molecule has 5 heteroatoms. The van der Waals surface area contributed by atoms with Gasteiger partial charge in [0.05, 0.1) is 0 Å². The van der Waals surface area contributed by atoms with E-state index >= 15 is 0 Å². The summed E-state index contributed by atoms with van der Waals surface area (Å²) in [5.74, 6) is 0. The van der Waals surface area contributed by atoms with Gasteiger partial charge in [-0.1, -0.05) is 0 Å². The van der Waals surface area contributed by atoms with Crippen LogP contribution >= 0.6 is 24.0 Å². The monoisotopic (exact) mass is 456 g/mol. The molecule has 5 heavy (non-hydrogen) atoms. The molecule has 0 aromatic heterocycles. The van der Waals surface area contributed by atoms with Crippen LogP contribution in [0.1, 0.15) is 0 Å². The standard InChI is InChI=1S/2BrH.Ca.Pb.Ti.2H/h2*1H;;;;;/q;;;+2;;;/p-2. The van der Waals surface area contributed by atoms with E-state index in [-0.39, 0.29) is 78.9 Å². The van der Waals surface area contributed by atoms with Gasteiger partial charge in [-0.05, 0) is 0 Å². The fraction of sp³-hybridized carbons (Fsp3) is 0. The Labute approximate surface area is 99.9 Å². The summed E-state index contributed by atoms with van der Waals surface area (Å²) in [6, 6.07) is 0. The first kappa shape index (κ1) is 15.9. The molecule has 0 aliphatic carbocycles. The van der Waals surface area contributed by atoms with Crippen LogP contribution in [0, 0.1) is 0 Å². The molecule has 0 heterocycles. The molecule has 0 unspecified atom stereocenters. The molecule has 0 aromatic carbocycles. The van der Waals surface area contributed by atoms with Crippen LogP contribution in [0.4, 0.5) is 0 Å². The van der Waals surface area contributed by atoms with Gasteiger partial charge in [0.2, 0.25) is 0 Å². The fourth-order valence-corrected chi connectivity index (χ4v) is 0. The zero-order valence-corrected chi connectivity index (χ0v) is 10.4. The Morgan fingerprint density at radius 1 is 1.20 bits per heavy atom. The van der Waals surface area contributed by atoms with Crippen molar-refractivity contribution in [2.24, 2.45) is 0 Å². The molecule has 0 bridgehead atoms. The van der Waals surface area contributed by atoms with Crippen LogP contribution < -0.4 is 0 Å². The first-order valence-electron chi connectivity index (χ1n) is 0.378. The van der Waals surface area contributed by atoms with Gasteiger partial charge in [0.1, 0.15) is 0 Å². The summed E-state index contributed by atoms with van der Waals surface area (Å²) in [4.78, 5) is 0. The summed E-state index contributed by atoms with van der Waals surface area (Å²) in [5, 5.41) is 0. The summed E-state index contributed by atoms with van der Waals surface area (Å²) >= 11 is 6.22. The van der Waals surface area contributed by atoms with Crippen LogP contribution in [-0.2, 0) is 21.7 Å². The topological polar surface area (TPSA) is 0 Å². The number of rotatable bonds is 0. The molecule has 2 radical (unpaired) electrons. The summed E-state index contributed by atoms with van der Waals surface area (Å²) in [7, 11) is 0. The Morgan fingerprint density at radius 3 is 1.20 bits per heavy atom. The molecule has 0 N–H and O–H groups in total. The maximum atomic E-state index is 3.26. The number of hydrogen-bond donors (Lipinski definition) is 0. The maximum Gasteiger partial charge on any atom is 0 e. The molecule has 0 nitrogen and oxygen atoms in total. The molecule has 0 atom stereocenters. The smallest absolute Gasteiger partial charge is 0 e. The molecular formula is H2Br2CaPbTi. The minimum absolute atomic E-state index is 0. The first-order valence-corrected chi connectivity index (χ1v) is 17.2. The van der Waals surface area contributed by atoms with Crippen molar-refractivity contribution in [1.82, 2.24) is 0 Å². The third-order valence-electron chi connectivity index (χ3n) is 0. The molecule has 0 aliphatic rings. The van der Waals surface area contributed by atoms with Crippen LogP contribution in [-0.4, -0.2) is 57.2 Å². The van der Waals surface area contributed by atoms with E-state index in [1.165, 1.54) is 0 Å². The van der Waals surface area contributed by atoms with Crippen molar-refractivity contribution in [1.29, 1.82) is 0 Å². The van der Waals surface area contributed by atoms with E-state index in [0.717, 1.165) is 0 Å². The van der Waals surface area contributed by atoms with Gasteiger partial charge in [-0.3, -0.25) is 0 Å². The second kappa shape index (κ2) is 15.7. The van der Waals surface area contributed by atoms with Gasteiger partial charge >= 0.3 is 81.1 Å². The third-order valence-corrected chi connectivity index (χ3v) is 0. The largest absolute Gasteiger partial charge is 0 e. The van der Waals surface area contributed by atoms with E-state index in [9.17, 15) is 0 Å². The zero-order chi connectivity index (χ0) is 2.71. The van der Waals surface area contributed by atoms with E-state index in [4.69, 9.17) is 0 Å². The van der Waals surface area contributed by atoms with Gasteiger partial charge in [0, 0.05) is 21.7 Å². The molecule has 0 aliphatic heterocycles. The second-order valence-corrected chi connectivity index (χ2v) is 16.9. The van der Waals surface area contributed by atoms with E-state index in [1.807, 2.05) is 0 Å². The molecule has 26 valence electrons. The van der Waals surface area contributed by atoms with Crippen molar-refractivity contribution in [2.75, 3.05) is 0 Å². The molecule has 0 fully saturated rings. The van der Waals surface area contributed by atoms with Gasteiger partial charge in [0.25, 0.3) is 0 Å². The number of halogens is 2. The van der Waals surface area contributed by atoms with Gasteiger partial charge in [-0.25, -0.2) is 0 Å². The Kier molecular flexibility index (Phi) is 49.9. The average Bonchev–Trinajstić information content (AvgIpc) is 0.918. The molecule has 0 spiro atoms. The Hall–Kier alpha value is 3.86. The van der Waals surface area contributed by atoms with Crippen LogP contribution in [0.25, 0.3) is 0 Å². The molecular weight excluding hydrogens is 455 g/mol. The van der Waals surface area contributed by atoms with Gasteiger partial charge < -0.3 is 0 Å². The Bertz CT molecular complexity index is 9.61. The summed E-state index contributed by atoms with van der Waals surface area (Å²) < 4.78 is 0. The predicted molar refractivity (Wildman–Crippen MR) is 32.2 cm³/mol. The van der Waals surface area contributed by atoms with E-state index in [0.29, 0.717) is 0 Å². The van der Waals surface area contributed by atoms with Crippen LogP contribution in [0.5, 0.6) is 0 Å². The predicted octanol–water partition coefficient (Wildman–Crippen LogP) is 0.392. The molecule has 0 saturated carbocycles. The molecule has 0 saturated heterocycles. The Morgan fingerprint density at radius 2 is 1.20 bits per heavy atom. The quantitative estimate of drug-likeness (QED) is 0.463. The second-order valence-electron chi connectivity index (χ2n) is 0.0714. The van der Waals surface area contributed by atoms with Crippen molar-refractivity contribution in [3.63, 3.8) is 0 Å². The van der Waals surface area contributed by atoms with Crippen molar-refractivity contribution in [2.45, 2.75) is 0 Å². The van der Waals surface area contributed by atoms with Crippen LogP contribution in [0.3, 0.4) is 0 Å². The SMILES string of the molecule is [Br][Pb][Br].[CaH2].[Ti]. The zero-order valence-electron chi connectivity index (χ0n) is 1.76. The normalized spacial score (nSPS) is 3.60. The maximum absolute atomic E-state index is 3.26. The average molecular weight is 457 g/mol. The van der Waals surface area contributed by atoms with Gasteiger partial charge in [0.15, 0.2) is 0 Å². The summed E-state index contributed by atoms with van der Waals surface area (Å²) in [5.41, 5.74) is 0. The van der Waals surface area contributed by atoms with E-state index < -0.39 is 0 Å². The van der Waals surface area contributed by atoms with Crippen molar-refractivity contribution in [3.05, 3.63) is 0 Å². The summed E-state index contributed by atoms with van der Waals surface area (Å²) in [6.45, 7) is 0. The van der Waals surface area contributed by atoms with E-state index in [2.05, 4.69) is 24.0 Å². The molecule has 0 aromatic rings. The third kappa shape index (κ3) is 18.1. The Balaban J connectivity index is -0.0000000200. The number of hydrogen-bond acceptors (Lipinski definition) is 0. The van der Waals surface area contributed by atoms with Crippen molar-refractivity contribution >= 4 is 81.1 Å². The van der Waals surface area contributed by atoms with Crippen molar-refractivity contribution in [3.8, 4) is 0 Å². The van der Waals surface area contributed by atoms with Gasteiger partial charge in [-0.15, -0.1) is 0 Å². The van der Waals surface area contributed by atoms with Crippen LogP contribution in [0.2, 0.25) is 0 Å².